The van der Waals surface area contributed by atoms with Crippen molar-refractivity contribution in [2.24, 2.45) is 35.0 Å². The average molecular weight is 723 g/mol. The minimum atomic E-state index is -5.21. The van der Waals surface area contributed by atoms with Crippen molar-refractivity contribution in [2.75, 3.05) is 9.80 Å². The molecule has 3 aromatic carbocycles. The number of carbonyl (C=O) groups is 4. The predicted octanol–water partition coefficient (Wildman–Crippen LogP) is 7.22. The van der Waals surface area contributed by atoms with Gasteiger partial charge in [-0.3, -0.25) is 19.2 Å². The number of aromatic hydroxyl groups is 1. The van der Waals surface area contributed by atoms with Gasteiger partial charge in [-0.05, 0) is 79.8 Å². The topological polar surface area (TPSA) is 104 Å². The summed E-state index contributed by atoms with van der Waals surface area (Å²) in [5.41, 5.74) is -3.59. The van der Waals surface area contributed by atoms with Gasteiger partial charge in [0.15, 0.2) is 0 Å². The summed E-state index contributed by atoms with van der Waals surface area (Å²) in [6.45, 7) is 1.67. The summed E-state index contributed by atoms with van der Waals surface area (Å²) in [5, 5.41) is 10.2. The van der Waals surface area contributed by atoms with E-state index in [1.165, 1.54) is 18.4 Å². The van der Waals surface area contributed by atoms with Crippen molar-refractivity contribution in [3.63, 3.8) is 0 Å². The van der Waals surface area contributed by atoms with Crippen LogP contribution in [0.25, 0.3) is 0 Å². The van der Waals surface area contributed by atoms with Crippen LogP contribution < -0.4 is 14.5 Å². The van der Waals surface area contributed by atoms with E-state index < -0.39 is 87.8 Å². The first-order chi connectivity index (χ1) is 24.5. The number of para-hydroxylation sites is 1. The van der Waals surface area contributed by atoms with Gasteiger partial charge in [0, 0.05) is 17.9 Å². The Morgan fingerprint density at radius 2 is 1.46 bits per heavy atom. The van der Waals surface area contributed by atoms with E-state index in [0.29, 0.717) is 45.2 Å². The summed E-state index contributed by atoms with van der Waals surface area (Å²) >= 11 is 0. The number of allylic oxidation sites excluding steroid dienone is 3. The Kier molecular flexibility index (Phi) is 7.33. The summed E-state index contributed by atoms with van der Waals surface area (Å²) in [6.07, 6.45) is -7.23. The van der Waals surface area contributed by atoms with Gasteiger partial charge >= 0.3 is 12.4 Å². The van der Waals surface area contributed by atoms with Crippen LogP contribution in [0.1, 0.15) is 36.5 Å². The van der Waals surface area contributed by atoms with Crippen LogP contribution >= 0.6 is 0 Å². The van der Waals surface area contributed by atoms with Crippen LogP contribution in [0.3, 0.4) is 0 Å². The number of imide groups is 2. The van der Waals surface area contributed by atoms with Gasteiger partial charge in [0.05, 0.1) is 51.9 Å². The lowest BCUT2D eigenvalue weighted by Crippen LogP contribution is -2.51. The number of rotatable bonds is 3. The number of anilines is 2. The Labute approximate surface area is 292 Å². The van der Waals surface area contributed by atoms with Crippen molar-refractivity contribution >= 4 is 35.0 Å². The van der Waals surface area contributed by atoms with Crippen molar-refractivity contribution in [1.82, 2.24) is 0 Å². The lowest BCUT2D eigenvalue weighted by atomic mass is 9.51. The smallest absolute Gasteiger partial charge is 0.416 e. The molecule has 3 aliphatic heterocycles. The Balaban J connectivity index is 1.24. The lowest BCUT2D eigenvalue weighted by molar-refractivity contribution is -0.143. The van der Waals surface area contributed by atoms with Crippen LogP contribution in [-0.2, 0) is 38.0 Å². The summed E-state index contributed by atoms with van der Waals surface area (Å²) < 4.78 is 88.7. The molecule has 1 saturated carbocycles. The van der Waals surface area contributed by atoms with Crippen LogP contribution in [0, 0.1) is 35.0 Å². The zero-order valence-corrected chi connectivity index (χ0v) is 27.2. The van der Waals surface area contributed by atoms with Gasteiger partial charge in [-0.2, -0.15) is 26.3 Å². The summed E-state index contributed by atoms with van der Waals surface area (Å²) in [6, 6.07) is 13.4. The molecule has 6 unspecified atom stereocenters. The third-order valence-electron chi connectivity index (χ3n) is 11.3. The Morgan fingerprint density at radius 1 is 0.788 bits per heavy atom. The van der Waals surface area contributed by atoms with Gasteiger partial charge in [0.25, 0.3) is 0 Å². The lowest BCUT2D eigenvalue weighted by Gasteiger charge is -2.49. The maximum Gasteiger partial charge on any atom is 0.416 e. The van der Waals surface area contributed by atoms with Gasteiger partial charge in [0.1, 0.15) is 11.5 Å². The quantitative estimate of drug-likeness (QED) is 0.174. The molecule has 3 aromatic rings. The molecule has 3 heterocycles. The number of nitrogens with zero attached hydrogens (tertiary/aromatic N) is 2. The van der Waals surface area contributed by atoms with Crippen LogP contribution in [0.2, 0.25) is 0 Å². The van der Waals surface area contributed by atoms with Gasteiger partial charge in [0.2, 0.25) is 23.6 Å². The molecule has 52 heavy (non-hydrogen) atoms. The molecule has 0 spiro atoms. The van der Waals surface area contributed by atoms with E-state index in [1.54, 1.807) is 49.4 Å². The normalized spacial score (nSPS) is 28.5. The molecule has 0 radical (unpaired) electrons. The summed E-state index contributed by atoms with van der Waals surface area (Å²) in [7, 11) is 0. The molecule has 1 N–H and O–H groups in total. The second-order valence-corrected chi connectivity index (χ2v) is 14.1. The summed E-state index contributed by atoms with van der Waals surface area (Å²) in [5.74, 6) is -7.69. The van der Waals surface area contributed by atoms with E-state index >= 15 is 0 Å². The highest BCUT2D eigenvalue weighted by Crippen LogP contribution is 2.63. The van der Waals surface area contributed by atoms with E-state index in [2.05, 4.69) is 0 Å². The number of hydrogen-bond acceptors (Lipinski definition) is 6. The van der Waals surface area contributed by atoms with E-state index in [0.717, 1.165) is 4.90 Å². The number of fused-ring (bicyclic) bond motifs is 5. The van der Waals surface area contributed by atoms with E-state index in [9.17, 15) is 50.6 Å². The van der Waals surface area contributed by atoms with Crippen LogP contribution in [0.4, 0.5) is 37.7 Å². The van der Waals surface area contributed by atoms with Crippen LogP contribution in [0.15, 0.2) is 90.2 Å². The molecule has 6 atom stereocenters. The number of hydrogen-bond donors (Lipinski definition) is 1. The molecule has 5 aliphatic rings. The Bertz CT molecular complexity index is 2110. The van der Waals surface area contributed by atoms with Gasteiger partial charge in [-0.15, -0.1) is 0 Å². The number of amides is 4. The number of alkyl halides is 6. The first kappa shape index (κ1) is 33.7. The number of ether oxygens (including phenoxy) is 1. The minimum Gasteiger partial charge on any atom is -0.508 e. The maximum atomic E-state index is 14.6. The second kappa shape index (κ2) is 11.3. The molecule has 4 amide bonds. The SMILES string of the molecule is CC12C(=O)N(c3ccccc3)C(=O)C1CC1C(=CCC3C(=O)N(c4cc(C(F)(F)F)cc(C(F)(F)F)c4)C(=O)C31)C2C1=COc2ccc(O)cc2C1. The standard InChI is InChI=1S/C38H28F6N2O6/c1-36-28(33(49)46(35(36)51)22-5-3-2-4-6-22)16-27-25(31(36)19-11-18-12-24(47)7-10-29(18)52-17-19)8-9-26-30(27)34(50)45(32(26)48)23-14-20(37(39,40)41)13-21(15-23)38(42,43)44/h2-8,10,12-15,17,26-28,30-31,47H,9,11,16H2,1H3. The number of phenols is 1. The molecule has 0 aromatic heterocycles. The average Bonchev–Trinajstić information content (AvgIpc) is 3.46. The fourth-order valence-corrected chi connectivity index (χ4v) is 8.99. The van der Waals surface area contributed by atoms with Gasteiger partial charge in [-0.25, -0.2) is 9.80 Å². The molecular weight excluding hydrogens is 694 g/mol. The van der Waals surface area contributed by atoms with Crippen molar-refractivity contribution in [1.29, 1.82) is 0 Å². The molecule has 2 saturated heterocycles. The third-order valence-corrected chi connectivity index (χ3v) is 11.3. The third kappa shape index (κ3) is 4.90. The molecule has 3 fully saturated rings. The zero-order valence-electron chi connectivity index (χ0n) is 27.2. The van der Waals surface area contributed by atoms with E-state index in [-0.39, 0.29) is 31.1 Å². The largest absolute Gasteiger partial charge is 0.508 e. The highest BCUT2D eigenvalue weighted by atomic mass is 19.4. The van der Waals surface area contributed by atoms with E-state index in [4.69, 9.17) is 4.74 Å². The first-order valence-corrected chi connectivity index (χ1v) is 16.5. The van der Waals surface area contributed by atoms with Crippen LogP contribution in [-0.4, -0.2) is 28.7 Å². The zero-order chi connectivity index (χ0) is 37.1. The molecule has 2 aliphatic carbocycles. The molecule has 8 rings (SSSR count). The number of halogens is 6. The molecule has 8 nitrogen and oxygen atoms in total. The minimum absolute atomic E-state index is 0.0327. The summed E-state index contributed by atoms with van der Waals surface area (Å²) in [4.78, 5) is 58.6. The highest BCUT2D eigenvalue weighted by molar-refractivity contribution is 6.25. The first-order valence-electron chi connectivity index (χ1n) is 16.5. The monoisotopic (exact) mass is 722 g/mol. The van der Waals surface area contributed by atoms with Crippen molar-refractivity contribution < 1.29 is 55.4 Å². The number of benzene rings is 3. The Hall–Kier alpha value is -5.40. The number of phenolic OH excluding ortho intramolecular Hbond substituents is 1. The maximum absolute atomic E-state index is 14.6. The van der Waals surface area contributed by atoms with Crippen molar-refractivity contribution in [2.45, 2.75) is 38.5 Å². The van der Waals surface area contributed by atoms with Crippen LogP contribution in [0.5, 0.6) is 11.5 Å². The second-order valence-electron chi connectivity index (χ2n) is 14.1. The molecule has 0 bridgehead atoms. The number of carbonyl (C=O) groups excluding carboxylic acids is 4. The van der Waals surface area contributed by atoms with Gasteiger partial charge < -0.3 is 9.84 Å². The fourth-order valence-electron chi connectivity index (χ4n) is 8.99. The molecular formula is C38H28F6N2O6. The van der Waals surface area contributed by atoms with Gasteiger partial charge in [-0.1, -0.05) is 29.8 Å². The predicted molar refractivity (Wildman–Crippen MR) is 171 cm³/mol. The van der Waals surface area contributed by atoms with Crippen molar-refractivity contribution in [3.05, 3.63) is 107 Å². The van der Waals surface area contributed by atoms with E-state index in [1.807, 2.05) is 0 Å². The molecule has 268 valence electrons. The van der Waals surface area contributed by atoms with Crippen molar-refractivity contribution in [3.8, 4) is 11.5 Å². The Morgan fingerprint density at radius 3 is 2.12 bits per heavy atom. The highest BCUT2D eigenvalue weighted by Gasteiger charge is 2.68. The molecule has 14 heteroatoms. The fraction of sp³-hybridized carbons (Fsp3) is 0.316.